The summed E-state index contributed by atoms with van der Waals surface area (Å²) in [6, 6.07) is 24.7. The highest BCUT2D eigenvalue weighted by Gasteiger charge is 2.17. The Morgan fingerprint density at radius 3 is 2.03 bits per heavy atom. The molecule has 0 fully saturated rings. The van der Waals surface area contributed by atoms with Crippen molar-refractivity contribution in [2.75, 3.05) is 11.8 Å². The lowest BCUT2D eigenvalue weighted by atomic mass is 10.1. The average molecular weight is 476 g/mol. The summed E-state index contributed by atoms with van der Waals surface area (Å²) >= 11 is 0. The summed E-state index contributed by atoms with van der Waals surface area (Å²) in [6.45, 7) is 0. The van der Waals surface area contributed by atoms with Gasteiger partial charge >= 0.3 is 0 Å². The number of benzene rings is 4. The van der Waals surface area contributed by atoms with Crippen LogP contribution in [0.2, 0.25) is 0 Å². The predicted molar refractivity (Wildman–Crippen MR) is 129 cm³/mol. The second-order valence-electron chi connectivity index (χ2n) is 7.33. The number of ether oxygens (including phenoxy) is 1. The molecule has 0 bridgehead atoms. The van der Waals surface area contributed by atoms with Crippen molar-refractivity contribution in [2.24, 2.45) is 0 Å². The standard InChI is InChI=1S/C25H21N3O5S/c1-33-22-13-11-21(12-14-22)28-34(31,32)23-8-4-7-19(16-23)24(29)26-27-25(30)20-10-9-17-5-2-3-6-18(17)15-20/h2-16,28H,1H3,(H,26,29)(H,27,30). The molecule has 0 aromatic heterocycles. The first-order valence-electron chi connectivity index (χ1n) is 10.2. The number of carbonyl (C=O) groups is 2. The lowest BCUT2D eigenvalue weighted by Gasteiger charge is -2.11. The van der Waals surface area contributed by atoms with Crippen LogP contribution < -0.4 is 20.3 Å². The summed E-state index contributed by atoms with van der Waals surface area (Å²) in [5.74, 6) is -0.563. The van der Waals surface area contributed by atoms with Gasteiger partial charge in [-0.2, -0.15) is 0 Å². The van der Waals surface area contributed by atoms with Crippen molar-refractivity contribution < 1.29 is 22.7 Å². The molecule has 4 aromatic carbocycles. The fraction of sp³-hybridized carbons (Fsp3) is 0.0400. The minimum absolute atomic E-state index is 0.0661. The molecule has 0 saturated carbocycles. The van der Waals surface area contributed by atoms with Gasteiger partial charge in [0.2, 0.25) is 0 Å². The van der Waals surface area contributed by atoms with Gasteiger partial charge < -0.3 is 4.74 Å². The van der Waals surface area contributed by atoms with Crippen LogP contribution >= 0.6 is 0 Å². The highest BCUT2D eigenvalue weighted by atomic mass is 32.2. The van der Waals surface area contributed by atoms with E-state index < -0.39 is 21.8 Å². The van der Waals surface area contributed by atoms with Crippen LogP contribution in [0.25, 0.3) is 10.8 Å². The summed E-state index contributed by atoms with van der Waals surface area (Å²) in [5.41, 5.74) is 5.46. The Morgan fingerprint density at radius 1 is 0.706 bits per heavy atom. The Balaban J connectivity index is 1.43. The number of rotatable bonds is 6. The number of amides is 2. The van der Waals surface area contributed by atoms with Gasteiger partial charge in [0.1, 0.15) is 5.75 Å². The third-order valence-corrected chi connectivity index (χ3v) is 6.43. The second kappa shape index (κ2) is 9.63. The second-order valence-corrected chi connectivity index (χ2v) is 9.01. The first-order chi connectivity index (χ1) is 16.4. The van der Waals surface area contributed by atoms with Crippen LogP contribution in [-0.4, -0.2) is 27.3 Å². The predicted octanol–water partition coefficient (Wildman–Crippen LogP) is 3.72. The maximum atomic E-state index is 12.7. The SMILES string of the molecule is COc1ccc(NS(=O)(=O)c2cccc(C(=O)NNC(=O)c3ccc4ccccc4c3)c2)cc1. The monoisotopic (exact) mass is 475 g/mol. The van der Waals surface area contributed by atoms with E-state index in [1.807, 2.05) is 30.3 Å². The Kier molecular flexibility index (Phi) is 6.46. The molecule has 0 aliphatic carbocycles. The molecule has 34 heavy (non-hydrogen) atoms. The average Bonchev–Trinajstić information content (AvgIpc) is 2.87. The van der Waals surface area contributed by atoms with E-state index in [1.165, 1.54) is 31.4 Å². The van der Waals surface area contributed by atoms with E-state index in [1.54, 1.807) is 36.4 Å². The van der Waals surface area contributed by atoms with Crippen molar-refractivity contribution in [3.63, 3.8) is 0 Å². The van der Waals surface area contributed by atoms with Crippen molar-refractivity contribution in [2.45, 2.75) is 4.90 Å². The number of fused-ring (bicyclic) bond motifs is 1. The minimum Gasteiger partial charge on any atom is -0.497 e. The van der Waals surface area contributed by atoms with E-state index in [0.29, 0.717) is 17.0 Å². The van der Waals surface area contributed by atoms with Gasteiger partial charge in [0.05, 0.1) is 12.0 Å². The van der Waals surface area contributed by atoms with Crippen LogP contribution in [0.15, 0.2) is 95.9 Å². The maximum Gasteiger partial charge on any atom is 0.269 e. The van der Waals surface area contributed by atoms with Gasteiger partial charge in [0, 0.05) is 16.8 Å². The Labute approximate surface area is 196 Å². The summed E-state index contributed by atoms with van der Waals surface area (Å²) < 4.78 is 33.0. The summed E-state index contributed by atoms with van der Waals surface area (Å²) in [5, 5.41) is 1.88. The van der Waals surface area contributed by atoms with Crippen molar-refractivity contribution in [1.29, 1.82) is 0 Å². The lowest BCUT2D eigenvalue weighted by molar-refractivity contribution is 0.0846. The third-order valence-electron chi connectivity index (χ3n) is 5.05. The molecular weight excluding hydrogens is 454 g/mol. The molecule has 0 aliphatic heterocycles. The van der Waals surface area contributed by atoms with E-state index in [9.17, 15) is 18.0 Å². The number of anilines is 1. The highest BCUT2D eigenvalue weighted by Crippen LogP contribution is 2.20. The number of hydrogen-bond donors (Lipinski definition) is 3. The molecule has 8 nitrogen and oxygen atoms in total. The van der Waals surface area contributed by atoms with Crippen molar-refractivity contribution >= 4 is 38.3 Å². The van der Waals surface area contributed by atoms with Gasteiger partial charge in [-0.25, -0.2) is 8.42 Å². The fourth-order valence-electron chi connectivity index (χ4n) is 3.27. The van der Waals surface area contributed by atoms with Crippen LogP contribution in [0.1, 0.15) is 20.7 Å². The normalized spacial score (nSPS) is 11.0. The van der Waals surface area contributed by atoms with E-state index in [0.717, 1.165) is 10.8 Å². The number of nitrogens with one attached hydrogen (secondary N) is 3. The van der Waals surface area contributed by atoms with Gasteiger partial charge in [-0.05, 0) is 65.4 Å². The van der Waals surface area contributed by atoms with Crippen LogP contribution in [0.4, 0.5) is 5.69 Å². The zero-order valence-electron chi connectivity index (χ0n) is 18.1. The maximum absolute atomic E-state index is 12.7. The van der Waals surface area contributed by atoms with E-state index in [4.69, 9.17) is 4.74 Å². The zero-order valence-corrected chi connectivity index (χ0v) is 18.9. The molecular formula is C25H21N3O5S. The van der Waals surface area contributed by atoms with Gasteiger partial charge in [0.15, 0.2) is 0 Å². The molecule has 0 atom stereocenters. The molecule has 4 aromatic rings. The van der Waals surface area contributed by atoms with Gasteiger partial charge in [-0.15, -0.1) is 0 Å². The molecule has 0 saturated heterocycles. The quantitative estimate of drug-likeness (QED) is 0.368. The topological polar surface area (TPSA) is 114 Å². The summed E-state index contributed by atoms with van der Waals surface area (Å²) in [7, 11) is -2.43. The van der Waals surface area contributed by atoms with Gasteiger partial charge in [-0.1, -0.05) is 36.4 Å². The number of methoxy groups -OCH3 is 1. The largest absolute Gasteiger partial charge is 0.497 e. The first-order valence-corrected chi connectivity index (χ1v) is 11.7. The number of hydrazine groups is 1. The van der Waals surface area contributed by atoms with Crippen molar-refractivity contribution in [3.8, 4) is 5.75 Å². The summed E-state index contributed by atoms with van der Waals surface area (Å²) in [6.07, 6.45) is 0. The molecule has 0 radical (unpaired) electrons. The number of carbonyl (C=O) groups excluding carboxylic acids is 2. The minimum atomic E-state index is -3.94. The molecule has 0 unspecified atom stereocenters. The van der Waals surface area contributed by atoms with E-state index in [-0.39, 0.29) is 10.5 Å². The molecule has 0 heterocycles. The number of hydrogen-bond acceptors (Lipinski definition) is 5. The van der Waals surface area contributed by atoms with Crippen molar-refractivity contribution in [3.05, 3.63) is 102 Å². The molecule has 3 N–H and O–H groups in total. The Bertz CT molecular complexity index is 1470. The lowest BCUT2D eigenvalue weighted by Crippen LogP contribution is -2.41. The zero-order chi connectivity index (χ0) is 24.1. The van der Waals surface area contributed by atoms with Crippen molar-refractivity contribution in [1.82, 2.24) is 10.9 Å². The molecule has 4 rings (SSSR count). The number of sulfonamides is 1. The highest BCUT2D eigenvalue weighted by molar-refractivity contribution is 7.92. The molecule has 172 valence electrons. The van der Waals surface area contributed by atoms with Crippen LogP contribution in [0, 0.1) is 0 Å². The van der Waals surface area contributed by atoms with Crippen LogP contribution in [0.5, 0.6) is 5.75 Å². The van der Waals surface area contributed by atoms with E-state index in [2.05, 4.69) is 15.6 Å². The van der Waals surface area contributed by atoms with Gasteiger partial charge in [0.25, 0.3) is 21.8 Å². The summed E-state index contributed by atoms with van der Waals surface area (Å²) in [4.78, 5) is 24.9. The van der Waals surface area contributed by atoms with E-state index >= 15 is 0 Å². The van der Waals surface area contributed by atoms with Crippen LogP contribution in [-0.2, 0) is 10.0 Å². The third kappa shape index (κ3) is 5.16. The molecule has 0 spiro atoms. The Morgan fingerprint density at radius 2 is 1.35 bits per heavy atom. The smallest absolute Gasteiger partial charge is 0.269 e. The first kappa shape index (κ1) is 22.8. The molecule has 0 aliphatic rings. The fourth-order valence-corrected chi connectivity index (χ4v) is 4.37. The Hall–Kier alpha value is -4.37. The van der Waals surface area contributed by atoms with Gasteiger partial charge in [-0.3, -0.25) is 25.2 Å². The molecule has 9 heteroatoms. The molecule has 2 amide bonds. The van der Waals surface area contributed by atoms with Crippen LogP contribution in [0.3, 0.4) is 0 Å².